The Labute approximate surface area is 98.4 Å². The van der Waals surface area contributed by atoms with E-state index in [0.29, 0.717) is 12.5 Å². The molecule has 2 nitrogen and oxygen atoms in total. The van der Waals surface area contributed by atoms with Crippen molar-refractivity contribution in [1.29, 1.82) is 0 Å². The standard InChI is InChI=1S/C14H22N2/c1-11(13-7-8-16(2)10-13)14-6-4-3-5-12(14)9-15/h3-6,11,13H,7-10,15H2,1-2H3. The first-order chi connectivity index (χ1) is 7.72. The lowest BCUT2D eigenvalue weighted by Crippen LogP contribution is -2.18. The zero-order valence-electron chi connectivity index (χ0n) is 10.3. The van der Waals surface area contributed by atoms with Crippen LogP contribution in [0.3, 0.4) is 0 Å². The molecule has 0 radical (unpaired) electrons. The van der Waals surface area contributed by atoms with Gasteiger partial charge in [-0.05, 0) is 43.0 Å². The summed E-state index contributed by atoms with van der Waals surface area (Å²) in [5.41, 5.74) is 8.56. The van der Waals surface area contributed by atoms with E-state index in [1.54, 1.807) is 0 Å². The van der Waals surface area contributed by atoms with Gasteiger partial charge in [0.2, 0.25) is 0 Å². The lowest BCUT2D eigenvalue weighted by atomic mass is 9.84. The molecule has 88 valence electrons. The maximum absolute atomic E-state index is 5.80. The van der Waals surface area contributed by atoms with E-state index in [2.05, 4.69) is 43.1 Å². The van der Waals surface area contributed by atoms with E-state index in [0.717, 1.165) is 5.92 Å². The SMILES string of the molecule is CC(c1ccccc1CN)C1CCN(C)C1. The van der Waals surface area contributed by atoms with Gasteiger partial charge in [0.15, 0.2) is 0 Å². The lowest BCUT2D eigenvalue weighted by Gasteiger charge is -2.22. The molecule has 1 aromatic carbocycles. The third-order valence-electron chi connectivity index (χ3n) is 3.90. The molecule has 16 heavy (non-hydrogen) atoms. The van der Waals surface area contributed by atoms with Crippen LogP contribution in [0.4, 0.5) is 0 Å². The predicted octanol–water partition coefficient (Wildman–Crippen LogP) is 2.20. The molecule has 1 aliphatic rings. The normalized spacial score (nSPS) is 23.6. The molecular formula is C14H22N2. The van der Waals surface area contributed by atoms with Crippen LogP contribution in [-0.4, -0.2) is 25.0 Å². The molecular weight excluding hydrogens is 196 g/mol. The Kier molecular flexibility index (Phi) is 3.62. The van der Waals surface area contributed by atoms with E-state index >= 15 is 0 Å². The second-order valence-electron chi connectivity index (χ2n) is 5.00. The molecule has 2 atom stereocenters. The molecule has 2 unspecified atom stereocenters. The first-order valence-corrected chi connectivity index (χ1v) is 6.18. The number of nitrogens with two attached hydrogens (primary N) is 1. The van der Waals surface area contributed by atoms with Crippen LogP contribution in [0.2, 0.25) is 0 Å². The fourth-order valence-corrected chi connectivity index (χ4v) is 2.80. The van der Waals surface area contributed by atoms with E-state index in [4.69, 9.17) is 5.73 Å². The smallest absolute Gasteiger partial charge is 0.0180 e. The Morgan fingerprint density at radius 1 is 1.44 bits per heavy atom. The van der Waals surface area contributed by atoms with Crippen molar-refractivity contribution in [3.05, 3.63) is 35.4 Å². The summed E-state index contributed by atoms with van der Waals surface area (Å²) in [6.45, 7) is 5.46. The molecule has 1 aromatic rings. The monoisotopic (exact) mass is 218 g/mol. The number of benzene rings is 1. The summed E-state index contributed by atoms with van der Waals surface area (Å²) >= 11 is 0. The number of rotatable bonds is 3. The van der Waals surface area contributed by atoms with Crippen LogP contribution >= 0.6 is 0 Å². The van der Waals surface area contributed by atoms with Crippen molar-refractivity contribution in [3.63, 3.8) is 0 Å². The van der Waals surface area contributed by atoms with Crippen LogP contribution in [0.5, 0.6) is 0 Å². The largest absolute Gasteiger partial charge is 0.326 e. The molecule has 2 rings (SSSR count). The minimum atomic E-state index is 0.629. The maximum atomic E-state index is 5.80. The third kappa shape index (κ3) is 2.28. The topological polar surface area (TPSA) is 29.3 Å². The van der Waals surface area contributed by atoms with E-state index in [1.165, 1.54) is 30.6 Å². The molecule has 1 heterocycles. The number of hydrogen-bond acceptors (Lipinski definition) is 2. The molecule has 1 fully saturated rings. The summed E-state index contributed by atoms with van der Waals surface area (Å²) < 4.78 is 0. The molecule has 0 saturated carbocycles. The summed E-state index contributed by atoms with van der Waals surface area (Å²) in [4.78, 5) is 2.42. The quantitative estimate of drug-likeness (QED) is 0.842. The fraction of sp³-hybridized carbons (Fsp3) is 0.571. The van der Waals surface area contributed by atoms with Gasteiger partial charge in [-0.25, -0.2) is 0 Å². The van der Waals surface area contributed by atoms with Gasteiger partial charge in [-0.3, -0.25) is 0 Å². The first-order valence-electron chi connectivity index (χ1n) is 6.18. The highest BCUT2D eigenvalue weighted by Gasteiger charge is 2.26. The second-order valence-corrected chi connectivity index (χ2v) is 5.00. The van der Waals surface area contributed by atoms with Gasteiger partial charge in [-0.2, -0.15) is 0 Å². The number of nitrogens with zero attached hydrogens (tertiary/aromatic N) is 1. The van der Waals surface area contributed by atoms with Gasteiger partial charge in [0.25, 0.3) is 0 Å². The van der Waals surface area contributed by atoms with Gasteiger partial charge in [0.1, 0.15) is 0 Å². The van der Waals surface area contributed by atoms with Crippen molar-refractivity contribution in [1.82, 2.24) is 4.90 Å². The van der Waals surface area contributed by atoms with Crippen LogP contribution in [-0.2, 0) is 6.54 Å². The summed E-state index contributed by atoms with van der Waals surface area (Å²) in [6, 6.07) is 8.61. The lowest BCUT2D eigenvalue weighted by molar-refractivity contribution is 0.377. The van der Waals surface area contributed by atoms with Crippen LogP contribution < -0.4 is 5.73 Å². The highest BCUT2D eigenvalue weighted by Crippen LogP contribution is 2.32. The zero-order valence-corrected chi connectivity index (χ0v) is 10.3. The Morgan fingerprint density at radius 3 is 2.81 bits per heavy atom. The molecule has 0 spiro atoms. The zero-order chi connectivity index (χ0) is 11.5. The summed E-state index contributed by atoms with van der Waals surface area (Å²) in [5, 5.41) is 0. The maximum Gasteiger partial charge on any atom is 0.0180 e. The van der Waals surface area contributed by atoms with Crippen LogP contribution in [0, 0.1) is 5.92 Å². The average molecular weight is 218 g/mol. The van der Waals surface area contributed by atoms with E-state index in [1.807, 2.05) is 0 Å². The summed E-state index contributed by atoms with van der Waals surface area (Å²) in [5.74, 6) is 1.42. The van der Waals surface area contributed by atoms with Crippen LogP contribution in [0.15, 0.2) is 24.3 Å². The molecule has 0 amide bonds. The molecule has 0 aliphatic carbocycles. The molecule has 1 aliphatic heterocycles. The van der Waals surface area contributed by atoms with Crippen molar-refractivity contribution < 1.29 is 0 Å². The van der Waals surface area contributed by atoms with Crippen LogP contribution in [0.25, 0.3) is 0 Å². The van der Waals surface area contributed by atoms with E-state index < -0.39 is 0 Å². The van der Waals surface area contributed by atoms with Gasteiger partial charge in [0, 0.05) is 13.1 Å². The second kappa shape index (κ2) is 4.98. The van der Waals surface area contributed by atoms with E-state index in [-0.39, 0.29) is 0 Å². The molecule has 1 saturated heterocycles. The van der Waals surface area contributed by atoms with Gasteiger partial charge in [-0.15, -0.1) is 0 Å². The third-order valence-corrected chi connectivity index (χ3v) is 3.90. The Morgan fingerprint density at radius 2 is 2.19 bits per heavy atom. The predicted molar refractivity (Wildman–Crippen MR) is 68.4 cm³/mol. The van der Waals surface area contributed by atoms with Crippen molar-refractivity contribution in [2.45, 2.75) is 25.8 Å². The first kappa shape index (κ1) is 11.6. The van der Waals surface area contributed by atoms with Gasteiger partial charge in [-0.1, -0.05) is 31.2 Å². The summed E-state index contributed by atoms with van der Waals surface area (Å²) in [7, 11) is 2.21. The van der Waals surface area contributed by atoms with Crippen LogP contribution in [0.1, 0.15) is 30.4 Å². The van der Waals surface area contributed by atoms with Gasteiger partial charge in [0.05, 0.1) is 0 Å². The van der Waals surface area contributed by atoms with Gasteiger partial charge < -0.3 is 10.6 Å². The Hall–Kier alpha value is -0.860. The highest BCUT2D eigenvalue weighted by molar-refractivity contribution is 5.30. The fourth-order valence-electron chi connectivity index (χ4n) is 2.80. The minimum absolute atomic E-state index is 0.629. The van der Waals surface area contributed by atoms with Gasteiger partial charge >= 0.3 is 0 Å². The summed E-state index contributed by atoms with van der Waals surface area (Å²) in [6.07, 6.45) is 1.32. The van der Waals surface area contributed by atoms with E-state index in [9.17, 15) is 0 Å². The van der Waals surface area contributed by atoms with Crippen molar-refractivity contribution in [2.24, 2.45) is 11.7 Å². The highest BCUT2D eigenvalue weighted by atomic mass is 15.1. The van der Waals surface area contributed by atoms with Crippen molar-refractivity contribution >= 4 is 0 Å². The number of likely N-dealkylation sites (tertiary alicyclic amines) is 1. The minimum Gasteiger partial charge on any atom is -0.326 e. The van der Waals surface area contributed by atoms with Crippen molar-refractivity contribution in [3.8, 4) is 0 Å². The Bertz CT molecular complexity index is 348. The number of hydrogen-bond donors (Lipinski definition) is 1. The van der Waals surface area contributed by atoms with Crippen molar-refractivity contribution in [2.75, 3.05) is 20.1 Å². The molecule has 0 aromatic heterocycles. The average Bonchev–Trinajstić information content (AvgIpc) is 2.75. The molecule has 2 heteroatoms. The molecule has 2 N–H and O–H groups in total. The Balaban J connectivity index is 2.16. The molecule has 0 bridgehead atoms.